The van der Waals surface area contributed by atoms with Gasteiger partial charge in [-0.2, -0.15) is 0 Å². The molecule has 2 unspecified atom stereocenters. The molecule has 2 aromatic heterocycles. The molecule has 3 atom stereocenters. The molecule has 0 radical (unpaired) electrons. The van der Waals surface area contributed by atoms with E-state index in [9.17, 15) is 9.18 Å². The second-order valence-electron chi connectivity index (χ2n) is 10.4. The average Bonchev–Trinajstić information content (AvgIpc) is 3.23. The van der Waals surface area contributed by atoms with Gasteiger partial charge in [-0.25, -0.2) is 14.4 Å². The summed E-state index contributed by atoms with van der Waals surface area (Å²) in [4.78, 5) is 22.4. The molecule has 36 heavy (non-hydrogen) atoms. The predicted molar refractivity (Wildman–Crippen MR) is 138 cm³/mol. The number of carbonyl (C=O) groups excluding carboxylic acids is 1. The van der Waals surface area contributed by atoms with Crippen LogP contribution in [-0.4, -0.2) is 29.0 Å². The lowest BCUT2D eigenvalue weighted by Gasteiger charge is -2.27. The summed E-state index contributed by atoms with van der Waals surface area (Å²) in [5, 5.41) is 4.05. The fourth-order valence-corrected chi connectivity index (χ4v) is 5.78. The third-order valence-corrected chi connectivity index (χ3v) is 7.85. The number of ether oxygens (including phenoxy) is 1. The molecule has 2 aliphatic rings. The second-order valence-corrected chi connectivity index (χ2v) is 10.4. The highest BCUT2D eigenvalue weighted by Gasteiger charge is 2.27. The van der Waals surface area contributed by atoms with Gasteiger partial charge in [0, 0.05) is 42.4 Å². The Morgan fingerprint density at radius 3 is 2.97 bits per heavy atom. The topological polar surface area (TPSA) is 77.3 Å². The number of hydrogen-bond acceptors (Lipinski definition) is 6. The van der Waals surface area contributed by atoms with Crippen molar-refractivity contribution in [3.8, 4) is 0 Å². The molecule has 0 spiro atoms. The van der Waals surface area contributed by atoms with Gasteiger partial charge in [0.25, 0.3) is 0 Å². The Labute approximate surface area is 212 Å². The van der Waals surface area contributed by atoms with Crippen molar-refractivity contribution in [1.82, 2.24) is 9.97 Å². The van der Waals surface area contributed by atoms with E-state index in [1.54, 1.807) is 6.07 Å². The van der Waals surface area contributed by atoms with Gasteiger partial charge in [-0.05, 0) is 70.8 Å². The molecule has 0 bridgehead atoms. The van der Waals surface area contributed by atoms with E-state index >= 15 is 0 Å². The lowest BCUT2D eigenvalue weighted by Crippen LogP contribution is -2.23. The first kappa shape index (κ1) is 24.9. The largest absolute Gasteiger partial charge is 0.461 e. The number of rotatable bonds is 7. The van der Waals surface area contributed by atoms with Gasteiger partial charge in [-0.1, -0.05) is 18.6 Å². The van der Waals surface area contributed by atoms with Crippen molar-refractivity contribution in [2.24, 2.45) is 11.8 Å². The quantitative estimate of drug-likeness (QED) is 0.405. The maximum atomic E-state index is 14.1. The van der Waals surface area contributed by atoms with Gasteiger partial charge in [0.1, 0.15) is 29.3 Å². The minimum atomic E-state index is -0.348. The van der Waals surface area contributed by atoms with Crippen LogP contribution in [0.15, 0.2) is 28.9 Å². The number of carbonyl (C=O) groups is 1. The monoisotopic (exact) mass is 493 g/mol. The van der Waals surface area contributed by atoms with E-state index < -0.39 is 0 Å². The summed E-state index contributed by atoms with van der Waals surface area (Å²) < 4.78 is 25.2. The Hall–Kier alpha value is -2.80. The molecule has 0 saturated carbocycles. The van der Waals surface area contributed by atoms with E-state index in [0.29, 0.717) is 35.7 Å². The fraction of sp³-hybridized carbons (Fsp3) is 0.552. The van der Waals surface area contributed by atoms with Crippen LogP contribution in [0.1, 0.15) is 80.6 Å². The minimum absolute atomic E-state index is 0.124. The SMILES string of the molecule is Cc1nc2c(c(N[C@H](C)c3cccc4c(F)coc34)n1)CC(CCC(=O)C1CCCCOCC1)CC2. The van der Waals surface area contributed by atoms with E-state index in [1.807, 2.05) is 26.0 Å². The van der Waals surface area contributed by atoms with Gasteiger partial charge >= 0.3 is 0 Å². The Bertz CT molecular complexity index is 1220. The predicted octanol–water partition coefficient (Wildman–Crippen LogP) is 6.50. The van der Waals surface area contributed by atoms with Crippen LogP contribution in [0.5, 0.6) is 0 Å². The van der Waals surface area contributed by atoms with Crippen LogP contribution in [0.25, 0.3) is 11.0 Å². The lowest BCUT2D eigenvalue weighted by atomic mass is 9.81. The number of aromatic nitrogens is 2. The van der Waals surface area contributed by atoms with Crippen LogP contribution in [0, 0.1) is 24.6 Å². The van der Waals surface area contributed by atoms with Crippen LogP contribution < -0.4 is 5.32 Å². The molecule has 1 saturated heterocycles. The second kappa shape index (κ2) is 11.1. The molecular weight excluding hydrogens is 457 g/mol. The molecular formula is C29H36FN3O3. The molecule has 3 heterocycles. The molecule has 7 heteroatoms. The summed E-state index contributed by atoms with van der Waals surface area (Å²) in [6.45, 7) is 5.49. The van der Waals surface area contributed by atoms with E-state index in [-0.39, 0.29) is 17.8 Å². The highest BCUT2D eigenvalue weighted by Crippen LogP contribution is 2.35. The first-order chi connectivity index (χ1) is 17.5. The van der Waals surface area contributed by atoms with E-state index in [0.717, 1.165) is 92.7 Å². The Morgan fingerprint density at radius 1 is 1.19 bits per heavy atom. The number of furan rings is 1. The van der Waals surface area contributed by atoms with Gasteiger partial charge < -0.3 is 14.5 Å². The van der Waals surface area contributed by atoms with Gasteiger partial charge in [0.15, 0.2) is 5.82 Å². The number of Topliss-reactive ketones (excluding diaryl/α,β-unsaturated/α-hetero) is 1. The molecule has 6 nitrogen and oxygen atoms in total. The Balaban J connectivity index is 1.28. The Morgan fingerprint density at radius 2 is 2.08 bits per heavy atom. The third-order valence-electron chi connectivity index (χ3n) is 7.85. The zero-order valence-corrected chi connectivity index (χ0v) is 21.3. The number of benzene rings is 1. The number of hydrogen-bond donors (Lipinski definition) is 1. The maximum Gasteiger partial charge on any atom is 0.169 e. The zero-order valence-electron chi connectivity index (χ0n) is 21.3. The molecule has 1 aliphatic heterocycles. The highest BCUT2D eigenvalue weighted by atomic mass is 19.1. The molecule has 1 aromatic carbocycles. The van der Waals surface area contributed by atoms with Crippen LogP contribution >= 0.6 is 0 Å². The first-order valence-corrected chi connectivity index (χ1v) is 13.4. The number of nitrogens with one attached hydrogen (secondary N) is 1. The number of nitrogens with zero attached hydrogens (tertiary/aromatic N) is 2. The van der Waals surface area contributed by atoms with Crippen molar-refractivity contribution in [3.63, 3.8) is 0 Å². The van der Waals surface area contributed by atoms with Crippen LogP contribution in [0.2, 0.25) is 0 Å². The summed E-state index contributed by atoms with van der Waals surface area (Å²) in [5.74, 6) is 2.22. The lowest BCUT2D eigenvalue weighted by molar-refractivity contribution is -0.124. The highest BCUT2D eigenvalue weighted by molar-refractivity contribution is 5.82. The zero-order chi connectivity index (χ0) is 25.1. The smallest absolute Gasteiger partial charge is 0.169 e. The van der Waals surface area contributed by atoms with E-state index in [2.05, 4.69) is 5.32 Å². The van der Waals surface area contributed by atoms with Gasteiger partial charge in [0.05, 0.1) is 11.4 Å². The fourth-order valence-electron chi connectivity index (χ4n) is 5.78. The normalized spacial score (nSPS) is 21.4. The number of fused-ring (bicyclic) bond motifs is 2. The van der Waals surface area contributed by atoms with Crippen molar-refractivity contribution in [1.29, 1.82) is 0 Å². The molecule has 0 amide bonds. The van der Waals surface area contributed by atoms with Crippen LogP contribution in [-0.2, 0) is 22.4 Å². The van der Waals surface area contributed by atoms with Crippen LogP contribution in [0.4, 0.5) is 10.2 Å². The number of halogens is 1. The minimum Gasteiger partial charge on any atom is -0.461 e. The van der Waals surface area contributed by atoms with Crippen molar-refractivity contribution < 1.29 is 18.3 Å². The van der Waals surface area contributed by atoms with Crippen molar-refractivity contribution >= 4 is 22.6 Å². The van der Waals surface area contributed by atoms with Crippen molar-refractivity contribution in [2.75, 3.05) is 18.5 Å². The molecule has 1 N–H and O–H groups in total. The standard InChI is InChI=1S/C29H36FN3O3/c1-18(22-7-5-8-23-25(30)17-36-28(22)23)31-29-24-16-20(9-11-26(24)32-19(2)33-29)10-12-27(34)21-6-3-4-14-35-15-13-21/h5,7-8,17-18,20-21H,3-4,6,9-16H2,1-2H3,(H,31,32,33)/t18-,20?,21?/m1/s1. The Kier molecular flexibility index (Phi) is 7.65. The van der Waals surface area contributed by atoms with Gasteiger partial charge in [0.2, 0.25) is 0 Å². The van der Waals surface area contributed by atoms with E-state index in [4.69, 9.17) is 19.1 Å². The number of ketones is 1. The molecule has 1 aliphatic carbocycles. The summed E-state index contributed by atoms with van der Waals surface area (Å²) in [5.41, 5.74) is 3.70. The van der Waals surface area contributed by atoms with Crippen molar-refractivity contribution in [2.45, 2.75) is 77.7 Å². The average molecular weight is 494 g/mol. The van der Waals surface area contributed by atoms with E-state index in [1.165, 1.54) is 0 Å². The molecule has 1 fully saturated rings. The summed E-state index contributed by atoms with van der Waals surface area (Å²) in [7, 11) is 0. The van der Waals surface area contributed by atoms with Crippen LogP contribution in [0.3, 0.4) is 0 Å². The third kappa shape index (κ3) is 5.46. The summed E-state index contributed by atoms with van der Waals surface area (Å²) in [6.07, 6.45) is 9.51. The van der Waals surface area contributed by atoms with Gasteiger partial charge in [-0.3, -0.25) is 4.79 Å². The number of para-hydroxylation sites is 1. The summed E-state index contributed by atoms with van der Waals surface area (Å²) in [6, 6.07) is 5.42. The first-order valence-electron chi connectivity index (χ1n) is 13.4. The number of aryl methyl sites for hydroxylation is 2. The maximum absolute atomic E-state index is 14.1. The number of anilines is 1. The molecule has 3 aromatic rings. The van der Waals surface area contributed by atoms with Gasteiger partial charge in [-0.15, -0.1) is 0 Å². The summed E-state index contributed by atoms with van der Waals surface area (Å²) >= 11 is 0. The molecule has 192 valence electrons. The molecule has 5 rings (SSSR count). The van der Waals surface area contributed by atoms with Crippen molar-refractivity contribution in [3.05, 3.63) is 52.9 Å².